The highest BCUT2D eigenvalue weighted by atomic mass is 19.1. The molecule has 3 N–H and O–H groups in total. The number of carbonyl (C=O) groups is 1. The van der Waals surface area contributed by atoms with E-state index in [1.54, 1.807) is 18.3 Å². The highest BCUT2D eigenvalue weighted by Gasteiger charge is 2.25. The first-order valence-corrected chi connectivity index (χ1v) is 11.0. The molecule has 0 spiro atoms. The third-order valence-electron chi connectivity index (χ3n) is 6.25. The summed E-state index contributed by atoms with van der Waals surface area (Å²) in [6.45, 7) is 1.14. The molecule has 0 unspecified atom stereocenters. The molecule has 11 nitrogen and oxygen atoms in total. The Bertz CT molecular complexity index is 1790. The van der Waals surface area contributed by atoms with Gasteiger partial charge in [0.25, 0.3) is 17.0 Å². The number of H-pyrrole nitrogens is 2. The summed E-state index contributed by atoms with van der Waals surface area (Å²) in [5.41, 5.74) is 1.13. The van der Waals surface area contributed by atoms with Gasteiger partial charge in [0.15, 0.2) is 17.2 Å². The molecule has 5 aromatic rings. The summed E-state index contributed by atoms with van der Waals surface area (Å²) in [7, 11) is 1.47. The second-order valence-electron chi connectivity index (χ2n) is 8.50. The number of amides is 1. The summed E-state index contributed by atoms with van der Waals surface area (Å²) < 4.78 is 31.7. The van der Waals surface area contributed by atoms with Crippen molar-refractivity contribution < 1.29 is 13.6 Å². The van der Waals surface area contributed by atoms with E-state index in [-0.39, 0.29) is 34.5 Å². The van der Waals surface area contributed by atoms with Crippen molar-refractivity contribution in [2.24, 2.45) is 0 Å². The number of rotatable bonds is 4. The van der Waals surface area contributed by atoms with Crippen LogP contribution in [0.3, 0.4) is 0 Å². The molecule has 36 heavy (non-hydrogen) atoms. The van der Waals surface area contributed by atoms with Crippen LogP contribution in [0, 0.1) is 11.6 Å². The smallest absolute Gasteiger partial charge is 0.277 e. The van der Waals surface area contributed by atoms with Crippen molar-refractivity contribution in [2.75, 3.05) is 7.05 Å². The predicted molar refractivity (Wildman–Crippen MR) is 124 cm³/mol. The minimum Gasteiger partial charge on any atom is -0.354 e. The summed E-state index contributed by atoms with van der Waals surface area (Å²) in [5.74, 6) is -1.79. The van der Waals surface area contributed by atoms with Gasteiger partial charge in [-0.15, -0.1) is 0 Å². The van der Waals surface area contributed by atoms with Crippen molar-refractivity contribution in [1.29, 1.82) is 0 Å². The number of hydrogen-bond acceptors (Lipinski definition) is 6. The fourth-order valence-electron chi connectivity index (χ4n) is 4.52. The number of pyridine rings is 1. The van der Waals surface area contributed by atoms with Gasteiger partial charge in [-0.05, 0) is 18.2 Å². The average molecular weight is 492 g/mol. The maximum Gasteiger partial charge on any atom is 0.277 e. The van der Waals surface area contributed by atoms with Gasteiger partial charge < -0.3 is 15.3 Å². The first-order valence-electron chi connectivity index (χ1n) is 11.0. The van der Waals surface area contributed by atoms with Crippen molar-refractivity contribution in [3.8, 4) is 5.69 Å². The van der Waals surface area contributed by atoms with Gasteiger partial charge in [-0.25, -0.2) is 18.0 Å². The summed E-state index contributed by atoms with van der Waals surface area (Å²) >= 11 is 0. The largest absolute Gasteiger partial charge is 0.354 e. The van der Waals surface area contributed by atoms with E-state index in [0.29, 0.717) is 18.7 Å². The van der Waals surface area contributed by atoms with Crippen LogP contribution in [0.25, 0.3) is 22.2 Å². The van der Waals surface area contributed by atoms with Gasteiger partial charge in [-0.3, -0.25) is 19.3 Å². The van der Waals surface area contributed by atoms with Crippen LogP contribution in [0.15, 0.2) is 46.2 Å². The molecule has 0 atom stereocenters. The summed E-state index contributed by atoms with van der Waals surface area (Å²) in [5, 5.41) is 10.8. The molecule has 0 bridgehead atoms. The van der Waals surface area contributed by atoms with E-state index in [1.807, 2.05) is 4.90 Å². The monoisotopic (exact) mass is 492 g/mol. The Kier molecular flexibility index (Phi) is 4.83. The number of nitrogens with one attached hydrogen (secondary N) is 3. The molecule has 6 rings (SSSR count). The number of halogens is 2. The number of carbonyl (C=O) groups excluding carboxylic acids is 1. The van der Waals surface area contributed by atoms with E-state index < -0.39 is 28.7 Å². The number of fused-ring (bicyclic) bond motifs is 4. The molecule has 1 amide bonds. The molecule has 0 aliphatic carbocycles. The molecule has 0 saturated heterocycles. The van der Waals surface area contributed by atoms with Crippen LogP contribution in [0.2, 0.25) is 0 Å². The minimum atomic E-state index is -0.779. The molecule has 0 fully saturated rings. The van der Waals surface area contributed by atoms with Gasteiger partial charge in [0.1, 0.15) is 16.9 Å². The van der Waals surface area contributed by atoms with Crippen LogP contribution in [0.1, 0.15) is 27.3 Å². The second kappa shape index (κ2) is 7.95. The third kappa shape index (κ3) is 3.32. The summed E-state index contributed by atoms with van der Waals surface area (Å²) in [4.78, 5) is 43.3. The van der Waals surface area contributed by atoms with Gasteiger partial charge in [-0.1, -0.05) is 6.07 Å². The molecule has 0 saturated carbocycles. The molecule has 1 aliphatic rings. The Hall–Kier alpha value is -4.65. The lowest BCUT2D eigenvalue weighted by molar-refractivity contribution is 0.0958. The van der Waals surface area contributed by atoms with E-state index in [4.69, 9.17) is 0 Å². The van der Waals surface area contributed by atoms with E-state index in [9.17, 15) is 18.8 Å². The average Bonchev–Trinajstić information content (AvgIpc) is 3.54. The molecular formula is C23H18F2N8O3. The fourth-order valence-corrected chi connectivity index (χ4v) is 4.52. The van der Waals surface area contributed by atoms with Gasteiger partial charge in [0.05, 0.1) is 17.4 Å². The Balaban J connectivity index is 1.25. The molecular weight excluding hydrogens is 474 g/mol. The van der Waals surface area contributed by atoms with E-state index >= 15 is 4.39 Å². The van der Waals surface area contributed by atoms with Crippen LogP contribution in [-0.4, -0.2) is 47.2 Å². The van der Waals surface area contributed by atoms with Crippen LogP contribution < -0.4 is 16.4 Å². The number of benzene rings is 1. The van der Waals surface area contributed by atoms with E-state index in [1.165, 1.54) is 23.9 Å². The minimum absolute atomic E-state index is 0.0466. The first-order chi connectivity index (χ1) is 17.3. The quantitative estimate of drug-likeness (QED) is 0.345. The highest BCUT2D eigenvalue weighted by molar-refractivity contribution is 5.92. The van der Waals surface area contributed by atoms with Crippen molar-refractivity contribution in [1.82, 2.24) is 39.6 Å². The molecule has 1 aliphatic heterocycles. The Morgan fingerprint density at radius 2 is 1.94 bits per heavy atom. The molecule has 0 radical (unpaired) electrons. The molecule has 4 aromatic heterocycles. The van der Waals surface area contributed by atoms with Gasteiger partial charge >= 0.3 is 0 Å². The standard InChI is InChI=1S/C23H18F2N8O3/c1-26-21(34)14-3-5-17(22(35)28-14)32-9-12-8-31(10-15(12)30-32)7-11-2-4-16-19(18(11)25)29-23(36)20-13(24)6-27-33(16)20/h2-6,9H,7-8,10H2,1H3,(H,26,34)(H,28,35)(H,29,36). The summed E-state index contributed by atoms with van der Waals surface area (Å²) in [6.07, 6.45) is 2.65. The maximum absolute atomic E-state index is 15.3. The van der Waals surface area contributed by atoms with Crippen LogP contribution in [0.5, 0.6) is 0 Å². The SMILES string of the molecule is CNC(=O)c1ccc(-n2cc3c(n2)CN(Cc2ccc4c([nH]c(=O)c5c(F)cnn54)c2F)C3)c(=O)[nH]1. The topological polar surface area (TPSA) is 133 Å². The van der Waals surface area contributed by atoms with Crippen molar-refractivity contribution in [2.45, 2.75) is 19.6 Å². The zero-order chi connectivity index (χ0) is 25.1. The Morgan fingerprint density at radius 3 is 2.69 bits per heavy atom. The van der Waals surface area contributed by atoms with Crippen LogP contribution in [-0.2, 0) is 19.6 Å². The number of nitrogens with zero attached hydrogens (tertiary/aromatic N) is 5. The van der Waals surface area contributed by atoms with E-state index in [0.717, 1.165) is 22.0 Å². The van der Waals surface area contributed by atoms with Crippen molar-refractivity contribution >= 4 is 22.5 Å². The van der Waals surface area contributed by atoms with E-state index in [2.05, 4.69) is 25.5 Å². The molecule has 5 heterocycles. The summed E-state index contributed by atoms with van der Waals surface area (Å²) in [6, 6.07) is 6.20. The fraction of sp³-hybridized carbons (Fsp3) is 0.174. The van der Waals surface area contributed by atoms with Crippen LogP contribution in [0.4, 0.5) is 8.78 Å². The highest BCUT2D eigenvalue weighted by Crippen LogP contribution is 2.27. The number of aromatic amines is 2. The van der Waals surface area contributed by atoms with Crippen LogP contribution >= 0.6 is 0 Å². The molecule has 1 aromatic carbocycles. The normalized spacial score (nSPS) is 13.5. The molecule has 13 heteroatoms. The van der Waals surface area contributed by atoms with Crippen molar-refractivity contribution in [3.63, 3.8) is 0 Å². The van der Waals surface area contributed by atoms with Gasteiger partial charge in [0, 0.05) is 44.0 Å². The lowest BCUT2D eigenvalue weighted by Gasteiger charge is -2.16. The third-order valence-corrected chi connectivity index (χ3v) is 6.25. The Labute approximate surface area is 200 Å². The zero-order valence-corrected chi connectivity index (χ0v) is 18.8. The van der Waals surface area contributed by atoms with Gasteiger partial charge in [-0.2, -0.15) is 10.2 Å². The zero-order valence-electron chi connectivity index (χ0n) is 18.8. The lowest BCUT2D eigenvalue weighted by Crippen LogP contribution is -2.24. The Morgan fingerprint density at radius 1 is 1.11 bits per heavy atom. The first kappa shape index (κ1) is 21.9. The maximum atomic E-state index is 15.3. The predicted octanol–water partition coefficient (Wildman–Crippen LogP) is 1.20. The lowest BCUT2D eigenvalue weighted by atomic mass is 10.1. The van der Waals surface area contributed by atoms with Crippen molar-refractivity contribution in [3.05, 3.63) is 91.5 Å². The number of aromatic nitrogens is 6. The number of hydrogen-bond donors (Lipinski definition) is 3. The van der Waals surface area contributed by atoms with Gasteiger partial charge in [0.2, 0.25) is 0 Å². The molecule has 182 valence electrons. The second-order valence-corrected chi connectivity index (χ2v) is 8.50.